The molecule has 2 aromatic rings. The van der Waals surface area contributed by atoms with E-state index in [0.29, 0.717) is 29.4 Å². The molecular formula is C24H28F4N6O2. The summed E-state index contributed by atoms with van der Waals surface area (Å²) in [7, 11) is 0. The van der Waals surface area contributed by atoms with Crippen molar-refractivity contribution in [3.8, 4) is 17.0 Å². The molecule has 5 fully saturated rings. The SMILES string of the molecule is Nc1ncc(-c2cc(C3CC(N4C[C@@H]5CC[C@H]4CO5)C3)nc(N3CCC(F)(F)C3)n2)cc1OC(F)F. The molecule has 0 unspecified atom stereocenters. The van der Waals surface area contributed by atoms with E-state index in [1.807, 2.05) is 0 Å². The standard InChI is InChI=1S/C24H28F4N6O2/c25-22(26)36-20-7-14(9-30-21(20)29)19-8-18(31-23(32-19)33-4-3-24(27,28)12-33)13-5-16(6-13)34-10-17-2-1-15(34)11-35-17/h7-9,13,15-17,22H,1-6,10-12H2,(H2,29,30)/t13?,15-,16?,17-/m0/s1. The number of hydrogen-bond acceptors (Lipinski definition) is 8. The van der Waals surface area contributed by atoms with E-state index >= 15 is 0 Å². The van der Waals surface area contributed by atoms with Crippen molar-refractivity contribution < 1.29 is 27.0 Å². The van der Waals surface area contributed by atoms with E-state index in [4.69, 9.17) is 10.5 Å². The van der Waals surface area contributed by atoms with Gasteiger partial charge in [0.2, 0.25) is 5.95 Å². The van der Waals surface area contributed by atoms with Crippen LogP contribution in [-0.4, -0.2) is 76.8 Å². The molecule has 8 nitrogen and oxygen atoms in total. The van der Waals surface area contributed by atoms with E-state index in [0.717, 1.165) is 44.5 Å². The van der Waals surface area contributed by atoms with Crippen LogP contribution in [0.15, 0.2) is 18.3 Å². The summed E-state index contributed by atoms with van der Waals surface area (Å²) in [6.45, 7) is -1.64. The highest BCUT2D eigenvalue weighted by molar-refractivity contribution is 5.65. The fourth-order valence-electron chi connectivity index (χ4n) is 5.77. The molecule has 4 saturated heterocycles. The van der Waals surface area contributed by atoms with Crippen LogP contribution < -0.4 is 15.4 Å². The van der Waals surface area contributed by atoms with Crippen molar-refractivity contribution in [1.82, 2.24) is 19.9 Å². The second kappa shape index (κ2) is 8.98. The molecule has 0 aromatic carbocycles. The Morgan fingerprint density at radius 1 is 1.14 bits per heavy atom. The average molecular weight is 509 g/mol. The summed E-state index contributed by atoms with van der Waals surface area (Å²) in [6, 6.07) is 4.04. The molecule has 0 spiro atoms. The van der Waals surface area contributed by atoms with Gasteiger partial charge in [0, 0.05) is 55.0 Å². The third-order valence-electron chi connectivity index (χ3n) is 7.81. The molecule has 0 radical (unpaired) electrons. The number of halogens is 4. The highest BCUT2D eigenvalue weighted by Gasteiger charge is 2.44. The number of hydrogen-bond donors (Lipinski definition) is 1. The third kappa shape index (κ3) is 4.56. The molecule has 1 aliphatic carbocycles. The molecule has 12 heteroatoms. The summed E-state index contributed by atoms with van der Waals surface area (Å²) < 4.78 is 63.9. The van der Waals surface area contributed by atoms with Crippen LogP contribution in [0, 0.1) is 0 Å². The number of rotatable bonds is 6. The summed E-state index contributed by atoms with van der Waals surface area (Å²) in [5, 5.41) is 0. The van der Waals surface area contributed by atoms with Crippen molar-refractivity contribution in [2.75, 3.05) is 36.9 Å². The molecule has 7 rings (SSSR count). The summed E-state index contributed by atoms with van der Waals surface area (Å²) in [5.74, 6) is -2.88. The zero-order chi connectivity index (χ0) is 25.0. The minimum atomic E-state index is -3.06. The lowest BCUT2D eigenvalue weighted by Gasteiger charge is -2.53. The van der Waals surface area contributed by atoms with Gasteiger partial charge in [-0.2, -0.15) is 8.78 Å². The molecule has 2 atom stereocenters. The quantitative estimate of drug-likeness (QED) is 0.592. The lowest BCUT2D eigenvalue weighted by molar-refractivity contribution is -0.131. The highest BCUT2D eigenvalue weighted by Crippen LogP contribution is 2.44. The number of morpholine rings is 1. The van der Waals surface area contributed by atoms with Crippen molar-refractivity contribution in [3.05, 3.63) is 24.0 Å². The molecular weight excluding hydrogens is 480 g/mol. The maximum atomic E-state index is 14.0. The number of aromatic nitrogens is 3. The largest absolute Gasteiger partial charge is 0.431 e. The number of piperidine rings is 1. The molecule has 36 heavy (non-hydrogen) atoms. The number of nitrogens with two attached hydrogens (primary N) is 1. The van der Waals surface area contributed by atoms with Crippen molar-refractivity contribution in [2.45, 2.75) is 68.7 Å². The second-order valence-corrected chi connectivity index (χ2v) is 10.2. The van der Waals surface area contributed by atoms with E-state index < -0.39 is 19.1 Å². The van der Waals surface area contributed by atoms with Crippen LogP contribution in [0.1, 0.15) is 43.7 Å². The predicted molar refractivity (Wildman–Crippen MR) is 123 cm³/mol. The first-order valence-electron chi connectivity index (χ1n) is 12.3. The van der Waals surface area contributed by atoms with Gasteiger partial charge in [-0.3, -0.25) is 4.90 Å². The first-order chi connectivity index (χ1) is 17.2. The number of anilines is 2. The fraction of sp³-hybridized carbons (Fsp3) is 0.625. The molecule has 194 valence electrons. The van der Waals surface area contributed by atoms with Crippen LogP contribution >= 0.6 is 0 Å². The van der Waals surface area contributed by atoms with Crippen molar-refractivity contribution >= 4 is 11.8 Å². The van der Waals surface area contributed by atoms with Gasteiger partial charge in [0.15, 0.2) is 11.6 Å². The Hall–Kier alpha value is -2.73. The summed E-state index contributed by atoms with van der Waals surface area (Å²) >= 11 is 0. The van der Waals surface area contributed by atoms with Gasteiger partial charge in [-0.15, -0.1) is 0 Å². The normalized spacial score (nSPS) is 29.5. The number of fused-ring (bicyclic) bond motifs is 3. The van der Waals surface area contributed by atoms with Crippen molar-refractivity contribution in [2.24, 2.45) is 0 Å². The maximum Gasteiger partial charge on any atom is 0.387 e. The molecule has 5 aliphatic rings. The van der Waals surface area contributed by atoms with Crippen LogP contribution in [-0.2, 0) is 4.74 Å². The van der Waals surface area contributed by atoms with E-state index in [-0.39, 0.29) is 36.4 Å². The Labute approximate surface area is 205 Å². The Balaban J connectivity index is 1.28. The number of nitrogen functional groups attached to an aromatic ring is 1. The Morgan fingerprint density at radius 2 is 1.97 bits per heavy atom. The van der Waals surface area contributed by atoms with Gasteiger partial charge < -0.3 is 20.1 Å². The lowest BCUT2D eigenvalue weighted by Crippen LogP contribution is -2.60. The van der Waals surface area contributed by atoms with Gasteiger partial charge in [0.25, 0.3) is 5.92 Å². The van der Waals surface area contributed by atoms with E-state index in [1.165, 1.54) is 17.2 Å². The van der Waals surface area contributed by atoms with Gasteiger partial charge in [0.05, 0.1) is 24.9 Å². The highest BCUT2D eigenvalue weighted by atomic mass is 19.3. The van der Waals surface area contributed by atoms with Crippen LogP contribution in [0.25, 0.3) is 11.3 Å². The number of alkyl halides is 4. The van der Waals surface area contributed by atoms with Crippen LogP contribution in [0.4, 0.5) is 29.3 Å². The van der Waals surface area contributed by atoms with Gasteiger partial charge >= 0.3 is 6.61 Å². The van der Waals surface area contributed by atoms with Gasteiger partial charge in [-0.1, -0.05) is 0 Å². The molecule has 2 N–H and O–H groups in total. The monoisotopic (exact) mass is 508 g/mol. The molecule has 4 aliphatic heterocycles. The Morgan fingerprint density at radius 3 is 2.61 bits per heavy atom. The second-order valence-electron chi connectivity index (χ2n) is 10.2. The smallest absolute Gasteiger partial charge is 0.387 e. The van der Waals surface area contributed by atoms with Gasteiger partial charge in [-0.25, -0.2) is 23.7 Å². The maximum absolute atomic E-state index is 14.0. The van der Waals surface area contributed by atoms with Crippen LogP contribution in [0.2, 0.25) is 0 Å². The summed E-state index contributed by atoms with van der Waals surface area (Å²) in [6.07, 6.45) is 5.55. The lowest BCUT2D eigenvalue weighted by atomic mass is 9.75. The number of nitrogens with zero attached hydrogens (tertiary/aromatic N) is 5. The van der Waals surface area contributed by atoms with Gasteiger partial charge in [0.1, 0.15) is 0 Å². The first kappa shape index (κ1) is 23.7. The van der Waals surface area contributed by atoms with Crippen molar-refractivity contribution in [3.63, 3.8) is 0 Å². The molecule has 1 saturated carbocycles. The minimum Gasteiger partial charge on any atom is -0.431 e. The topological polar surface area (TPSA) is 89.6 Å². The minimum absolute atomic E-state index is 0.139. The van der Waals surface area contributed by atoms with Crippen LogP contribution in [0.3, 0.4) is 0 Å². The third-order valence-corrected chi connectivity index (χ3v) is 7.81. The molecule has 2 bridgehead atoms. The Kier molecular flexibility index (Phi) is 5.90. The predicted octanol–water partition coefficient (Wildman–Crippen LogP) is 3.68. The summed E-state index contributed by atoms with van der Waals surface area (Å²) in [4.78, 5) is 17.2. The number of pyridine rings is 1. The fourth-order valence-corrected chi connectivity index (χ4v) is 5.77. The van der Waals surface area contributed by atoms with E-state index in [9.17, 15) is 17.6 Å². The van der Waals surface area contributed by atoms with Crippen molar-refractivity contribution in [1.29, 1.82) is 0 Å². The molecule has 2 aromatic heterocycles. The summed E-state index contributed by atoms with van der Waals surface area (Å²) in [5.41, 5.74) is 7.25. The molecule has 6 heterocycles. The van der Waals surface area contributed by atoms with Crippen LogP contribution in [0.5, 0.6) is 5.75 Å². The number of ether oxygens (including phenoxy) is 2. The van der Waals surface area contributed by atoms with E-state index in [2.05, 4.69) is 24.6 Å². The first-order valence-corrected chi connectivity index (χ1v) is 12.3. The average Bonchev–Trinajstić information content (AvgIpc) is 3.20. The van der Waals surface area contributed by atoms with E-state index in [1.54, 1.807) is 6.07 Å². The zero-order valence-corrected chi connectivity index (χ0v) is 19.6. The Bertz CT molecular complexity index is 1120. The van der Waals surface area contributed by atoms with Gasteiger partial charge in [-0.05, 0) is 37.8 Å². The molecule has 0 amide bonds. The zero-order valence-electron chi connectivity index (χ0n) is 19.6.